The highest BCUT2D eigenvalue weighted by Crippen LogP contribution is 2.25. The molecule has 1 amide bonds. The van der Waals surface area contributed by atoms with Gasteiger partial charge in [-0.05, 0) is 95.8 Å². The Labute approximate surface area is 303 Å². The fraction of sp³-hybridized carbons (Fsp3) is 0.417. The highest BCUT2D eigenvalue weighted by atomic mass is 32.2. The van der Waals surface area contributed by atoms with E-state index in [0.29, 0.717) is 39.7 Å². The number of nitrogens with zero attached hydrogens (tertiary/aromatic N) is 4. The van der Waals surface area contributed by atoms with Crippen LogP contribution >= 0.6 is 11.8 Å². The number of aryl methyl sites for hydroxylation is 2. The number of anilines is 1. The lowest BCUT2D eigenvalue weighted by molar-refractivity contribution is -0.157. The summed E-state index contributed by atoms with van der Waals surface area (Å²) in [5, 5.41) is 9.37. The van der Waals surface area contributed by atoms with Gasteiger partial charge in [0.15, 0.2) is 11.9 Å². The van der Waals surface area contributed by atoms with Gasteiger partial charge in [0.05, 0.1) is 35.0 Å². The van der Waals surface area contributed by atoms with Crippen LogP contribution < -0.4 is 21.5 Å². The monoisotopic (exact) mass is 735 g/mol. The average Bonchev–Trinajstić information content (AvgIpc) is 3.50. The number of H-pyrrole nitrogens is 2. The van der Waals surface area contributed by atoms with Crippen molar-refractivity contribution in [3.63, 3.8) is 0 Å². The molecular weight excluding hydrogens is 694 g/mol. The molecule has 0 aliphatic heterocycles. The molecule has 2 heterocycles. The van der Waals surface area contributed by atoms with Crippen LogP contribution in [0.5, 0.6) is 0 Å². The van der Waals surface area contributed by atoms with Crippen LogP contribution in [0.25, 0.3) is 10.9 Å². The average molecular weight is 736 g/mol. The summed E-state index contributed by atoms with van der Waals surface area (Å²) in [6.07, 6.45) is 6.34. The molecule has 0 aliphatic carbocycles. The van der Waals surface area contributed by atoms with Crippen molar-refractivity contribution in [1.29, 1.82) is 0 Å². The van der Waals surface area contributed by atoms with E-state index in [1.807, 2.05) is 6.92 Å². The first-order valence-corrected chi connectivity index (χ1v) is 17.5. The number of hydrogen-bond donors (Lipinski definition) is 3. The third-order valence-electron chi connectivity index (χ3n) is 7.98. The van der Waals surface area contributed by atoms with Gasteiger partial charge in [0, 0.05) is 18.0 Å². The number of thioether (sulfide) groups is 1. The second kappa shape index (κ2) is 17.2. The normalized spacial score (nSPS) is 11.9. The van der Waals surface area contributed by atoms with Crippen molar-refractivity contribution in [1.82, 2.24) is 30.0 Å². The molecule has 0 fully saturated rings. The summed E-state index contributed by atoms with van der Waals surface area (Å²) in [7, 11) is 0. The summed E-state index contributed by atoms with van der Waals surface area (Å²) < 4.78 is 27.4. The van der Waals surface area contributed by atoms with Crippen LogP contribution in [0.1, 0.15) is 67.8 Å². The molecule has 52 heavy (non-hydrogen) atoms. The molecule has 0 bridgehead atoms. The Morgan fingerprint density at radius 2 is 1.90 bits per heavy atom. The molecular formula is C36H42FN7O7S. The molecule has 276 valence electrons. The Balaban J connectivity index is 1.52. The van der Waals surface area contributed by atoms with E-state index in [1.165, 1.54) is 28.5 Å². The SMILES string of the molecule is C#CCN(Cc1cc2c(=O)n(COC(=O)C(C)(C)C)c(C)nc2cc1C)c1ccc(C(=O)N[C@@H](CCCSc2n[nH]c(=O)[nH]2)C(=O)OCC)c(F)c1. The lowest BCUT2D eigenvalue weighted by Gasteiger charge is -2.24. The van der Waals surface area contributed by atoms with Gasteiger partial charge in [0.25, 0.3) is 11.5 Å². The van der Waals surface area contributed by atoms with Crippen LogP contribution in [-0.4, -0.2) is 67.5 Å². The number of halogens is 1. The number of hydrogen-bond acceptors (Lipinski definition) is 11. The van der Waals surface area contributed by atoms with Crippen LogP contribution in [0.3, 0.4) is 0 Å². The molecule has 0 spiro atoms. The van der Waals surface area contributed by atoms with Crippen molar-refractivity contribution in [3.05, 3.63) is 79.5 Å². The van der Waals surface area contributed by atoms with E-state index < -0.39 is 40.8 Å². The smallest absolute Gasteiger partial charge is 0.341 e. The minimum absolute atomic E-state index is 0.0801. The summed E-state index contributed by atoms with van der Waals surface area (Å²) in [6.45, 7) is 10.4. The number of esters is 2. The number of benzene rings is 2. The van der Waals surface area contributed by atoms with E-state index >= 15 is 4.39 Å². The molecule has 3 N–H and O–H groups in total. The molecule has 14 nitrogen and oxygen atoms in total. The van der Waals surface area contributed by atoms with Crippen LogP contribution in [0, 0.1) is 37.4 Å². The molecule has 2 aromatic carbocycles. The van der Waals surface area contributed by atoms with Gasteiger partial charge in [-0.1, -0.05) is 17.7 Å². The maximum Gasteiger partial charge on any atom is 0.341 e. The number of aromatic amines is 2. The van der Waals surface area contributed by atoms with Gasteiger partial charge >= 0.3 is 17.6 Å². The largest absolute Gasteiger partial charge is 0.464 e. The zero-order chi connectivity index (χ0) is 38.2. The number of carbonyl (C=O) groups is 3. The first-order chi connectivity index (χ1) is 24.6. The van der Waals surface area contributed by atoms with Gasteiger partial charge in [-0.3, -0.25) is 23.9 Å². The molecule has 0 saturated heterocycles. The fourth-order valence-electron chi connectivity index (χ4n) is 5.14. The minimum Gasteiger partial charge on any atom is -0.464 e. The van der Waals surface area contributed by atoms with E-state index in [0.717, 1.165) is 11.1 Å². The van der Waals surface area contributed by atoms with E-state index in [9.17, 15) is 24.0 Å². The molecule has 4 rings (SSSR count). The van der Waals surface area contributed by atoms with Crippen LogP contribution in [-0.2, 0) is 32.3 Å². The molecule has 2 aromatic heterocycles. The Morgan fingerprint density at radius 3 is 2.54 bits per heavy atom. The van der Waals surface area contributed by atoms with Gasteiger partial charge in [0.1, 0.15) is 17.7 Å². The number of nitrogens with one attached hydrogen (secondary N) is 3. The van der Waals surface area contributed by atoms with Gasteiger partial charge < -0.3 is 19.7 Å². The zero-order valence-corrected chi connectivity index (χ0v) is 30.7. The molecule has 16 heteroatoms. The molecule has 0 aliphatic rings. The molecule has 1 atom stereocenters. The van der Waals surface area contributed by atoms with Crippen molar-refractivity contribution < 1.29 is 28.2 Å². The Kier molecular flexibility index (Phi) is 13.0. The first-order valence-electron chi connectivity index (χ1n) is 16.5. The number of rotatable bonds is 15. The van der Waals surface area contributed by atoms with Crippen molar-refractivity contribution in [2.75, 3.05) is 23.8 Å². The van der Waals surface area contributed by atoms with Gasteiger partial charge in [-0.25, -0.2) is 24.1 Å². The highest BCUT2D eigenvalue weighted by molar-refractivity contribution is 7.99. The van der Waals surface area contributed by atoms with Crippen molar-refractivity contribution in [2.24, 2.45) is 5.41 Å². The van der Waals surface area contributed by atoms with E-state index in [2.05, 4.69) is 31.4 Å². The zero-order valence-electron chi connectivity index (χ0n) is 29.9. The summed E-state index contributed by atoms with van der Waals surface area (Å²) in [4.78, 5) is 71.8. The Hall–Kier alpha value is -5.43. The van der Waals surface area contributed by atoms with Crippen LogP contribution in [0.15, 0.2) is 45.1 Å². The van der Waals surface area contributed by atoms with Crippen molar-refractivity contribution in [3.8, 4) is 12.3 Å². The highest BCUT2D eigenvalue weighted by Gasteiger charge is 2.26. The minimum atomic E-state index is -1.03. The van der Waals surface area contributed by atoms with Gasteiger partial charge in [-0.15, -0.1) is 11.5 Å². The number of terminal acetylenes is 1. The predicted molar refractivity (Wildman–Crippen MR) is 194 cm³/mol. The number of aromatic nitrogens is 5. The van der Waals surface area contributed by atoms with Crippen molar-refractivity contribution >= 4 is 46.2 Å². The first kappa shape index (κ1) is 39.4. The van der Waals surface area contributed by atoms with E-state index in [-0.39, 0.29) is 44.0 Å². The quantitative estimate of drug-likeness (QED) is 0.0696. The second-order valence-corrected chi connectivity index (χ2v) is 14.1. The summed E-state index contributed by atoms with van der Waals surface area (Å²) in [6, 6.07) is 6.49. The number of amides is 1. The van der Waals surface area contributed by atoms with Crippen LogP contribution in [0.4, 0.5) is 10.1 Å². The second-order valence-electron chi connectivity index (χ2n) is 13.0. The molecule has 0 radical (unpaired) electrons. The molecule has 0 unspecified atom stereocenters. The third-order valence-corrected chi connectivity index (χ3v) is 8.94. The fourth-order valence-corrected chi connectivity index (χ4v) is 5.92. The summed E-state index contributed by atoms with van der Waals surface area (Å²) in [5.74, 6) is 0.700. The summed E-state index contributed by atoms with van der Waals surface area (Å²) in [5.41, 5.74) is 0.551. The third kappa shape index (κ3) is 9.87. The predicted octanol–water partition coefficient (Wildman–Crippen LogP) is 3.98. The molecule has 4 aromatic rings. The number of ether oxygens (including phenoxy) is 2. The van der Waals surface area contributed by atoms with Crippen LogP contribution in [0.2, 0.25) is 0 Å². The maximum atomic E-state index is 15.6. The van der Waals surface area contributed by atoms with Gasteiger partial charge in [0.2, 0.25) is 0 Å². The lowest BCUT2D eigenvalue weighted by atomic mass is 9.98. The maximum absolute atomic E-state index is 15.6. The summed E-state index contributed by atoms with van der Waals surface area (Å²) >= 11 is 1.26. The Bertz CT molecular complexity index is 2110. The van der Waals surface area contributed by atoms with E-state index in [1.54, 1.807) is 57.7 Å². The molecule has 0 saturated carbocycles. The lowest BCUT2D eigenvalue weighted by Crippen LogP contribution is -2.42. The standard InChI is InChI=1S/C36H42FN7O7S/c1-8-14-43(19-23-17-26-29(16-21(23)3)38-22(4)44(31(26)46)20-51-33(48)36(5,6)7)24-12-13-25(27(37)18-24)30(45)39-28(32(47)50-9-2)11-10-15-52-35-40-34(49)41-42-35/h1,12-13,16-18,28H,9-11,14-15,19-20H2,2-7H3,(H,39,45)(H2,40,41,42,49)/t28-/m0/s1. The van der Waals surface area contributed by atoms with Gasteiger partial charge in [-0.2, -0.15) is 0 Å². The van der Waals surface area contributed by atoms with Crippen molar-refractivity contribution in [2.45, 2.75) is 78.9 Å². The topological polar surface area (TPSA) is 181 Å². The number of fused-ring (bicyclic) bond motifs is 1. The number of carbonyl (C=O) groups excluding carboxylic acids is 3. The van der Waals surface area contributed by atoms with E-state index in [4.69, 9.17) is 15.9 Å². The Morgan fingerprint density at radius 1 is 1.15 bits per heavy atom.